The van der Waals surface area contributed by atoms with E-state index in [0.717, 1.165) is 17.1 Å². The molecule has 0 saturated heterocycles. The van der Waals surface area contributed by atoms with E-state index in [2.05, 4.69) is 30.2 Å². The number of imidazole rings is 1. The van der Waals surface area contributed by atoms with E-state index in [1.807, 2.05) is 28.8 Å². The summed E-state index contributed by atoms with van der Waals surface area (Å²) in [4.78, 5) is 4.13. The molecule has 104 valence electrons. The maximum Gasteiger partial charge on any atom is 0.156 e. The minimum absolute atomic E-state index is 0.260. The van der Waals surface area contributed by atoms with Crippen molar-refractivity contribution >= 4 is 5.69 Å². The monoisotopic (exact) mass is 270 g/mol. The Labute approximate surface area is 118 Å². The number of methoxy groups -OCH3 is 1. The molecule has 1 N–H and O–H groups in total. The van der Waals surface area contributed by atoms with Crippen LogP contribution >= 0.6 is 0 Å². The van der Waals surface area contributed by atoms with E-state index in [4.69, 9.17) is 4.74 Å². The van der Waals surface area contributed by atoms with Crippen LogP contribution in [0.25, 0.3) is 0 Å². The highest BCUT2D eigenvalue weighted by atomic mass is 16.5. The Kier molecular flexibility index (Phi) is 4.26. The van der Waals surface area contributed by atoms with E-state index < -0.39 is 6.04 Å². The fourth-order valence-corrected chi connectivity index (χ4v) is 2.02. The Balaban J connectivity index is 2.25. The van der Waals surface area contributed by atoms with E-state index in [-0.39, 0.29) is 6.04 Å². The van der Waals surface area contributed by atoms with Crippen molar-refractivity contribution in [1.29, 1.82) is 5.26 Å². The fourth-order valence-electron chi connectivity index (χ4n) is 2.02. The summed E-state index contributed by atoms with van der Waals surface area (Å²) in [5.74, 6) is 0.754. The van der Waals surface area contributed by atoms with Gasteiger partial charge in [-0.25, -0.2) is 4.98 Å². The molecular weight excluding hydrogens is 252 g/mol. The number of hydrogen-bond donors (Lipinski definition) is 1. The predicted octanol–water partition coefficient (Wildman–Crippen LogP) is 3.15. The Morgan fingerprint density at radius 3 is 2.85 bits per heavy atom. The third kappa shape index (κ3) is 2.91. The zero-order valence-corrected chi connectivity index (χ0v) is 11.9. The van der Waals surface area contributed by atoms with Crippen molar-refractivity contribution in [2.24, 2.45) is 0 Å². The topological polar surface area (TPSA) is 62.9 Å². The highest BCUT2D eigenvalue weighted by Crippen LogP contribution is 2.23. The maximum absolute atomic E-state index is 9.41. The van der Waals surface area contributed by atoms with Crippen molar-refractivity contribution in [3.63, 3.8) is 0 Å². The molecule has 0 bridgehead atoms. The molecule has 0 fully saturated rings. The van der Waals surface area contributed by atoms with Crippen molar-refractivity contribution < 1.29 is 4.74 Å². The molecular formula is C15H18N4O. The van der Waals surface area contributed by atoms with Crippen molar-refractivity contribution in [2.75, 3.05) is 12.4 Å². The van der Waals surface area contributed by atoms with Crippen LogP contribution in [0.3, 0.4) is 0 Å². The van der Waals surface area contributed by atoms with Crippen LogP contribution in [0.2, 0.25) is 0 Å². The van der Waals surface area contributed by atoms with E-state index >= 15 is 0 Å². The number of benzene rings is 1. The van der Waals surface area contributed by atoms with Crippen LogP contribution < -0.4 is 10.1 Å². The quantitative estimate of drug-likeness (QED) is 0.906. The number of rotatable bonds is 5. The molecule has 5 nitrogen and oxygen atoms in total. The summed E-state index contributed by atoms with van der Waals surface area (Å²) in [5, 5.41) is 12.6. The summed E-state index contributed by atoms with van der Waals surface area (Å²) >= 11 is 0. The molecule has 1 atom stereocenters. The van der Waals surface area contributed by atoms with Gasteiger partial charge in [0.15, 0.2) is 6.04 Å². The largest absolute Gasteiger partial charge is 0.497 e. The van der Waals surface area contributed by atoms with Crippen LogP contribution in [0.15, 0.2) is 36.8 Å². The van der Waals surface area contributed by atoms with Crippen molar-refractivity contribution in [3.05, 3.63) is 42.5 Å². The Morgan fingerprint density at radius 1 is 1.40 bits per heavy atom. The fraction of sp³-hybridized carbons (Fsp3) is 0.333. The molecule has 1 heterocycles. The third-order valence-electron chi connectivity index (χ3n) is 3.06. The number of anilines is 1. The van der Waals surface area contributed by atoms with E-state index in [1.165, 1.54) is 0 Å². The predicted molar refractivity (Wildman–Crippen MR) is 77.6 cm³/mol. The Morgan fingerprint density at radius 2 is 2.20 bits per heavy atom. The second-order valence-electron chi connectivity index (χ2n) is 4.76. The molecule has 20 heavy (non-hydrogen) atoms. The Hall–Kier alpha value is -2.48. The average Bonchev–Trinajstić information content (AvgIpc) is 2.94. The molecule has 0 aliphatic rings. The maximum atomic E-state index is 9.41. The normalized spacial score (nSPS) is 11.9. The minimum atomic E-state index is -0.452. The van der Waals surface area contributed by atoms with Gasteiger partial charge in [-0.05, 0) is 26.0 Å². The number of nitrogens with one attached hydrogen (secondary N) is 1. The van der Waals surface area contributed by atoms with Crippen molar-refractivity contribution in [3.8, 4) is 11.8 Å². The average molecular weight is 270 g/mol. The van der Waals surface area contributed by atoms with Crippen LogP contribution in [0, 0.1) is 11.3 Å². The number of aromatic nitrogens is 2. The minimum Gasteiger partial charge on any atom is -0.497 e. The van der Waals surface area contributed by atoms with Gasteiger partial charge in [-0.3, -0.25) is 0 Å². The lowest BCUT2D eigenvalue weighted by Gasteiger charge is -2.17. The number of ether oxygens (including phenoxy) is 1. The van der Waals surface area contributed by atoms with Crippen molar-refractivity contribution in [2.45, 2.75) is 25.9 Å². The summed E-state index contributed by atoms with van der Waals surface area (Å²) in [5.41, 5.74) is 1.69. The van der Waals surface area contributed by atoms with Crippen LogP contribution in [0.1, 0.15) is 31.6 Å². The van der Waals surface area contributed by atoms with Gasteiger partial charge in [0.05, 0.1) is 31.4 Å². The van der Waals surface area contributed by atoms with Gasteiger partial charge in [0.25, 0.3) is 0 Å². The highest BCUT2D eigenvalue weighted by Gasteiger charge is 2.16. The molecule has 0 aliphatic heterocycles. The van der Waals surface area contributed by atoms with Gasteiger partial charge >= 0.3 is 0 Å². The molecule has 0 amide bonds. The number of nitriles is 1. The number of nitrogens with zero attached hydrogens (tertiary/aromatic N) is 3. The van der Waals surface area contributed by atoms with Crippen molar-refractivity contribution in [1.82, 2.24) is 9.55 Å². The van der Waals surface area contributed by atoms with Crippen LogP contribution in [-0.4, -0.2) is 16.7 Å². The third-order valence-corrected chi connectivity index (χ3v) is 3.06. The van der Waals surface area contributed by atoms with E-state index in [0.29, 0.717) is 0 Å². The van der Waals surface area contributed by atoms with Crippen LogP contribution in [0.4, 0.5) is 5.69 Å². The Bertz CT molecular complexity index is 612. The van der Waals surface area contributed by atoms with Gasteiger partial charge in [0.1, 0.15) is 5.75 Å². The first-order chi connectivity index (χ1) is 9.65. The lowest BCUT2D eigenvalue weighted by Crippen LogP contribution is -2.14. The first-order valence-electron chi connectivity index (χ1n) is 6.47. The van der Waals surface area contributed by atoms with Crippen LogP contribution in [-0.2, 0) is 0 Å². The molecule has 2 rings (SSSR count). The lowest BCUT2D eigenvalue weighted by atomic mass is 10.2. The second-order valence-corrected chi connectivity index (χ2v) is 4.76. The van der Waals surface area contributed by atoms with Gasteiger partial charge in [-0.15, -0.1) is 0 Å². The van der Waals surface area contributed by atoms with Gasteiger partial charge in [-0.1, -0.05) is 6.07 Å². The number of hydrogen-bond acceptors (Lipinski definition) is 4. The summed E-state index contributed by atoms with van der Waals surface area (Å²) in [6, 6.07) is 9.60. The first-order valence-corrected chi connectivity index (χ1v) is 6.47. The standard InChI is InChI=1S/C15H18N4O/c1-11(2)19-10-17-9-15(19)14(8-16)18-12-5-4-6-13(7-12)20-3/h4-7,9-11,14,18H,1-3H3. The molecule has 2 aromatic rings. The second kappa shape index (κ2) is 6.11. The summed E-state index contributed by atoms with van der Waals surface area (Å²) < 4.78 is 7.17. The van der Waals surface area contributed by atoms with Gasteiger partial charge in [0, 0.05) is 17.8 Å². The zero-order chi connectivity index (χ0) is 14.5. The molecule has 0 aliphatic carbocycles. The smallest absolute Gasteiger partial charge is 0.156 e. The van der Waals surface area contributed by atoms with Gasteiger partial charge in [0.2, 0.25) is 0 Å². The summed E-state index contributed by atoms with van der Waals surface area (Å²) in [6.07, 6.45) is 3.47. The van der Waals surface area contributed by atoms with Gasteiger partial charge < -0.3 is 14.6 Å². The van der Waals surface area contributed by atoms with E-state index in [1.54, 1.807) is 19.6 Å². The molecule has 0 radical (unpaired) electrons. The molecule has 5 heteroatoms. The summed E-state index contributed by atoms with van der Waals surface area (Å²) in [6.45, 7) is 4.12. The zero-order valence-electron chi connectivity index (χ0n) is 11.9. The molecule has 0 spiro atoms. The SMILES string of the molecule is COc1cccc(NC(C#N)c2cncn2C(C)C)c1. The molecule has 1 aromatic carbocycles. The molecule has 1 unspecified atom stereocenters. The van der Waals surface area contributed by atoms with E-state index in [9.17, 15) is 5.26 Å². The molecule has 0 saturated carbocycles. The first kappa shape index (κ1) is 13.9. The summed E-state index contributed by atoms with van der Waals surface area (Å²) in [7, 11) is 1.62. The van der Waals surface area contributed by atoms with Crippen LogP contribution in [0.5, 0.6) is 5.75 Å². The lowest BCUT2D eigenvalue weighted by molar-refractivity contribution is 0.415. The highest BCUT2D eigenvalue weighted by molar-refractivity contribution is 5.50. The molecule has 1 aromatic heterocycles. The van der Waals surface area contributed by atoms with Gasteiger partial charge in [-0.2, -0.15) is 5.26 Å².